The Hall–Kier alpha value is -3.27. The molecule has 3 amide bonds. The topological polar surface area (TPSA) is 542 Å². The van der Waals surface area contributed by atoms with Gasteiger partial charge in [-0.25, -0.2) is 0 Å². The molecule has 0 spiro atoms. The Bertz CT molecular complexity index is 2780. The van der Waals surface area contributed by atoms with Gasteiger partial charge in [0.05, 0.1) is 57.9 Å². The molecule has 32 atom stereocenters. The first-order valence-electron chi connectivity index (χ1n) is 44.5. The van der Waals surface area contributed by atoms with E-state index >= 15 is 0 Å². The van der Waals surface area contributed by atoms with Crippen molar-refractivity contribution in [2.24, 2.45) is 0 Å². The van der Waals surface area contributed by atoms with Gasteiger partial charge in [-0.1, -0.05) is 205 Å². The molecule has 0 aliphatic carbocycles. The Kier molecular flexibility index (Phi) is 50.4. The monoisotopic (exact) mass is 1710 g/mol. The molecular weight excluding hydrogens is 1560 g/mol. The third kappa shape index (κ3) is 33.8. The van der Waals surface area contributed by atoms with Crippen LogP contribution >= 0.6 is 0 Å². The number of aliphatic hydroxyl groups is 17. The molecule has 6 heterocycles. The summed E-state index contributed by atoms with van der Waals surface area (Å²) in [5.41, 5.74) is 0. The van der Waals surface area contributed by atoms with Crippen LogP contribution in [0.5, 0.6) is 0 Å². The van der Waals surface area contributed by atoms with Gasteiger partial charge in [0.15, 0.2) is 37.7 Å². The summed E-state index contributed by atoms with van der Waals surface area (Å²) in [6, 6.07) is -4.67. The first-order chi connectivity index (χ1) is 57.3. The van der Waals surface area contributed by atoms with Crippen molar-refractivity contribution in [3.05, 3.63) is 24.3 Å². The minimum Gasteiger partial charge on any atom is -0.394 e. The standard InChI is InChI=1S/C84H151N3O32/c1-6-8-10-12-14-16-18-20-21-22-23-24-25-26-27-28-29-31-33-35-37-39-41-43-60(96)87-53(54(95)42-40-38-36-34-32-30-19-17-15-13-11-9-7-2)49-108-81-71(105)69(103)74(58(47-91)114-81)115-83-72(106)78(66(100)56(45-89)111-83)119-80-62(86-52(5)94)76(75(59(48-92)113-80)116-82-70(104)68(102)63(97)50(3)109-82)117-84-73(107)77(65(99)57(46-90)112-84)118-79-61(85-51(4)93)67(101)64(98)55(44-88)110-79/h20-21,40,42,50,53-59,61-84,88-92,95,97-107H,6-19,22-39,41,43-49H2,1-5H3,(H,85,93)(H,86,94)(H,87,96)/b21-20-,42-40+/t50?,53-,54+,55?,56?,57?,58?,59?,61?,62?,63+,64+,65-,66-,67+,68?,69+,70-,71?,72?,73?,74+,75+,76+,77-,78-,79-,80-,81+,82+,83-,84-/m0/s1. The molecule has 35 heteroatoms. The lowest BCUT2D eigenvalue weighted by Gasteiger charge is -2.52. The van der Waals surface area contributed by atoms with E-state index < -0.39 is 248 Å². The van der Waals surface area contributed by atoms with Gasteiger partial charge in [0, 0.05) is 20.3 Å². The average Bonchev–Trinajstić information content (AvgIpc) is 0.759. The Labute approximate surface area is 702 Å². The van der Waals surface area contributed by atoms with Crippen LogP contribution < -0.4 is 16.0 Å². The van der Waals surface area contributed by atoms with Gasteiger partial charge in [0.25, 0.3) is 0 Å². The number of allylic oxidation sites excluding steroid dienone is 3. The van der Waals surface area contributed by atoms with Crippen LogP contribution in [-0.4, -0.2) is 340 Å². The van der Waals surface area contributed by atoms with Gasteiger partial charge in [-0.3, -0.25) is 14.4 Å². The summed E-state index contributed by atoms with van der Waals surface area (Å²) in [6.45, 7) is 2.25. The van der Waals surface area contributed by atoms with Crippen molar-refractivity contribution in [3.8, 4) is 0 Å². The second-order valence-electron chi connectivity index (χ2n) is 33.1. The van der Waals surface area contributed by atoms with Gasteiger partial charge >= 0.3 is 0 Å². The number of ether oxygens (including phenoxy) is 12. The predicted octanol–water partition coefficient (Wildman–Crippen LogP) is 1.50. The smallest absolute Gasteiger partial charge is 0.220 e. The van der Waals surface area contributed by atoms with E-state index in [2.05, 4.69) is 41.9 Å². The second-order valence-corrected chi connectivity index (χ2v) is 33.1. The van der Waals surface area contributed by atoms with Gasteiger partial charge < -0.3 is 160 Å². The highest BCUT2D eigenvalue weighted by Gasteiger charge is 2.59. The van der Waals surface area contributed by atoms with Crippen LogP contribution in [0.15, 0.2) is 24.3 Å². The Morgan fingerprint density at radius 1 is 0.345 bits per heavy atom. The third-order valence-electron chi connectivity index (χ3n) is 23.3. The largest absolute Gasteiger partial charge is 0.394 e. The number of rotatable bonds is 58. The zero-order valence-electron chi connectivity index (χ0n) is 70.8. The number of carbonyl (C=O) groups excluding carboxylic acids is 3. The lowest BCUT2D eigenvalue weighted by atomic mass is 9.93. The summed E-state index contributed by atoms with van der Waals surface area (Å²) in [5, 5.41) is 199. The summed E-state index contributed by atoms with van der Waals surface area (Å²) < 4.78 is 72.6. The van der Waals surface area contributed by atoms with E-state index in [4.69, 9.17) is 56.8 Å². The van der Waals surface area contributed by atoms with Crippen molar-refractivity contribution in [1.29, 1.82) is 0 Å². The molecule has 12 unspecified atom stereocenters. The van der Waals surface area contributed by atoms with Crippen molar-refractivity contribution in [2.45, 2.75) is 449 Å². The quantitative estimate of drug-likeness (QED) is 0.0303. The fourth-order valence-electron chi connectivity index (χ4n) is 16.1. The molecule has 6 saturated heterocycles. The zero-order chi connectivity index (χ0) is 86.9. The van der Waals surface area contributed by atoms with E-state index in [9.17, 15) is 101 Å². The van der Waals surface area contributed by atoms with Crippen LogP contribution in [0.4, 0.5) is 0 Å². The van der Waals surface area contributed by atoms with E-state index in [0.717, 1.165) is 65.2 Å². The van der Waals surface area contributed by atoms with E-state index in [1.807, 2.05) is 6.08 Å². The van der Waals surface area contributed by atoms with Gasteiger partial charge in [0.2, 0.25) is 17.7 Å². The lowest BCUT2D eigenvalue weighted by molar-refractivity contribution is -0.395. The molecule has 0 aromatic rings. The fourth-order valence-corrected chi connectivity index (χ4v) is 16.1. The first kappa shape index (κ1) is 105. The van der Waals surface area contributed by atoms with Crippen molar-refractivity contribution in [2.75, 3.05) is 39.6 Å². The molecule has 694 valence electrons. The molecule has 119 heavy (non-hydrogen) atoms. The Balaban J connectivity index is 1.12. The van der Waals surface area contributed by atoms with Gasteiger partial charge in [-0.05, 0) is 51.9 Å². The number of hydrogen-bond donors (Lipinski definition) is 20. The average molecular weight is 1720 g/mol. The molecule has 0 bridgehead atoms. The SMILES string of the molecule is CCCCCCCC/C=C\CCCCCCCCCCCCCCCC(=O)N[C@@H](CO[C@@H]1OC(CO)[C@@H](O[C@@H]2OC(CO)[C@H](O)[C@H](O[C@@H]3OC(CO)[C@@H](O[C@H]4OC(C)[C@@H](O)C(O)[C@@H]4O)[C@H](O[C@@H]4OC(CO)[C@H](O)[C@H](O[C@@H]5OC(CO)[C@@H](O)[C@H](O)C5NC(C)=O)C4O)C3NC(C)=O)C2O)[C@H](O)C1O)[C@H](O)/C=C/CCCCCCCCCCCCC. The fraction of sp³-hybridized carbons (Fsp3) is 0.917. The van der Waals surface area contributed by atoms with Crippen LogP contribution in [0.3, 0.4) is 0 Å². The normalized spacial score (nSPS) is 35.8. The highest BCUT2D eigenvalue weighted by Crippen LogP contribution is 2.39. The number of unbranched alkanes of at least 4 members (excludes halogenated alkanes) is 30. The van der Waals surface area contributed by atoms with Crippen LogP contribution in [0.25, 0.3) is 0 Å². The molecule has 6 fully saturated rings. The highest BCUT2D eigenvalue weighted by molar-refractivity contribution is 5.76. The van der Waals surface area contributed by atoms with E-state index in [0.29, 0.717) is 12.8 Å². The number of amides is 3. The molecule has 0 aromatic carbocycles. The van der Waals surface area contributed by atoms with Crippen molar-refractivity contribution >= 4 is 17.7 Å². The Morgan fingerprint density at radius 3 is 1.16 bits per heavy atom. The van der Waals surface area contributed by atoms with E-state index in [-0.39, 0.29) is 12.3 Å². The van der Waals surface area contributed by atoms with E-state index in [1.165, 1.54) is 155 Å². The molecule has 0 aromatic heterocycles. The summed E-state index contributed by atoms with van der Waals surface area (Å²) in [6.07, 6.45) is -8.65. The highest BCUT2D eigenvalue weighted by atomic mass is 16.8. The summed E-state index contributed by atoms with van der Waals surface area (Å²) in [4.78, 5) is 39.6. The molecule has 20 N–H and O–H groups in total. The van der Waals surface area contributed by atoms with Gasteiger partial charge in [-0.2, -0.15) is 0 Å². The van der Waals surface area contributed by atoms with Crippen molar-refractivity contribution in [3.63, 3.8) is 0 Å². The lowest BCUT2D eigenvalue weighted by Crippen LogP contribution is -2.71. The van der Waals surface area contributed by atoms with E-state index in [1.54, 1.807) is 6.08 Å². The maximum atomic E-state index is 13.7. The second kappa shape index (κ2) is 57.4. The molecule has 0 radical (unpaired) electrons. The number of carbonyl (C=O) groups is 3. The number of aliphatic hydroxyl groups excluding tert-OH is 17. The zero-order valence-corrected chi connectivity index (χ0v) is 70.8. The van der Waals surface area contributed by atoms with Gasteiger partial charge in [-0.15, -0.1) is 0 Å². The molecule has 35 nitrogen and oxygen atoms in total. The number of nitrogens with one attached hydrogen (secondary N) is 3. The molecule has 6 aliphatic heterocycles. The molecule has 0 saturated carbocycles. The van der Waals surface area contributed by atoms with Crippen LogP contribution in [-0.2, 0) is 71.2 Å². The maximum Gasteiger partial charge on any atom is 0.220 e. The summed E-state index contributed by atoms with van der Waals surface area (Å²) in [5.74, 6) is -2.05. The van der Waals surface area contributed by atoms with Crippen LogP contribution in [0, 0.1) is 0 Å². The minimum atomic E-state index is -2.29. The summed E-state index contributed by atoms with van der Waals surface area (Å²) in [7, 11) is 0. The van der Waals surface area contributed by atoms with Crippen LogP contribution in [0.2, 0.25) is 0 Å². The first-order valence-corrected chi connectivity index (χ1v) is 44.5. The molecular formula is C84H151N3O32. The van der Waals surface area contributed by atoms with Crippen LogP contribution in [0.1, 0.15) is 253 Å². The maximum absolute atomic E-state index is 13.7. The minimum absolute atomic E-state index is 0.163. The van der Waals surface area contributed by atoms with Crippen molar-refractivity contribution in [1.82, 2.24) is 16.0 Å². The summed E-state index contributed by atoms with van der Waals surface area (Å²) >= 11 is 0. The van der Waals surface area contributed by atoms with Crippen molar-refractivity contribution < 1.29 is 158 Å². The van der Waals surface area contributed by atoms with Gasteiger partial charge in [0.1, 0.15) is 140 Å². The molecule has 6 aliphatic rings. The molecule has 6 rings (SSSR count). The third-order valence-corrected chi connectivity index (χ3v) is 23.3. The predicted molar refractivity (Wildman–Crippen MR) is 429 cm³/mol. The Morgan fingerprint density at radius 2 is 0.697 bits per heavy atom. The number of hydrogen-bond acceptors (Lipinski definition) is 32.